The average molecular weight is 293 g/mol. The van der Waals surface area contributed by atoms with E-state index in [0.717, 1.165) is 6.42 Å². The maximum absolute atomic E-state index is 12.8. The van der Waals surface area contributed by atoms with Crippen molar-refractivity contribution in [2.75, 3.05) is 13.2 Å². The number of rotatable bonds is 2. The maximum atomic E-state index is 12.8. The molecule has 2 fully saturated rings. The first-order valence-corrected chi connectivity index (χ1v) is 7.32. The van der Waals surface area contributed by atoms with Crippen LogP contribution in [0.4, 0.5) is 13.2 Å². The van der Waals surface area contributed by atoms with Gasteiger partial charge in [-0.1, -0.05) is 13.3 Å². The van der Waals surface area contributed by atoms with Crippen LogP contribution in [0.5, 0.6) is 0 Å². The summed E-state index contributed by atoms with van der Waals surface area (Å²) in [6.45, 7) is 2.41. The van der Waals surface area contributed by atoms with E-state index in [2.05, 4.69) is 0 Å². The van der Waals surface area contributed by atoms with E-state index in [1.54, 1.807) is 4.90 Å². The minimum atomic E-state index is -4.20. The van der Waals surface area contributed by atoms with E-state index in [4.69, 9.17) is 0 Å². The topological polar surface area (TPSA) is 40.5 Å². The van der Waals surface area contributed by atoms with E-state index in [0.29, 0.717) is 19.4 Å². The number of aliphatic hydroxyl groups excluding tert-OH is 1. The van der Waals surface area contributed by atoms with Crippen LogP contribution in [-0.4, -0.2) is 41.3 Å². The number of carbonyl (C=O) groups excluding carboxylic acids is 1. The van der Waals surface area contributed by atoms with Gasteiger partial charge in [-0.05, 0) is 31.6 Å². The van der Waals surface area contributed by atoms with Crippen molar-refractivity contribution < 1.29 is 23.1 Å². The standard InChI is InChI=1S/C14H22F3NO2/c1-9-5-6-18(12(9)8-19)13(20)10-3-2-4-11(7-10)14(15,16)17/h9-12,19H,2-8H2,1H3. The minimum absolute atomic E-state index is 0.0919. The van der Waals surface area contributed by atoms with Crippen LogP contribution in [0, 0.1) is 17.8 Å². The summed E-state index contributed by atoms with van der Waals surface area (Å²) in [5, 5.41) is 9.36. The van der Waals surface area contributed by atoms with Crippen LogP contribution in [0.3, 0.4) is 0 Å². The predicted octanol–water partition coefficient (Wildman–Crippen LogP) is 2.58. The van der Waals surface area contributed by atoms with Gasteiger partial charge in [0.1, 0.15) is 0 Å². The summed E-state index contributed by atoms with van der Waals surface area (Å²) in [7, 11) is 0. The van der Waals surface area contributed by atoms with Crippen molar-refractivity contribution >= 4 is 5.91 Å². The summed E-state index contributed by atoms with van der Waals surface area (Å²) >= 11 is 0. The molecule has 1 aliphatic heterocycles. The number of carbonyl (C=O) groups is 1. The van der Waals surface area contributed by atoms with E-state index in [9.17, 15) is 23.1 Å². The molecule has 2 rings (SSSR count). The summed E-state index contributed by atoms with van der Waals surface area (Å²) in [5.41, 5.74) is 0. The minimum Gasteiger partial charge on any atom is -0.394 e. The van der Waals surface area contributed by atoms with Gasteiger partial charge < -0.3 is 10.0 Å². The van der Waals surface area contributed by atoms with Crippen molar-refractivity contribution in [3.8, 4) is 0 Å². The van der Waals surface area contributed by atoms with Gasteiger partial charge >= 0.3 is 6.18 Å². The lowest BCUT2D eigenvalue weighted by molar-refractivity contribution is -0.187. The molecule has 3 nitrogen and oxygen atoms in total. The van der Waals surface area contributed by atoms with Crippen LogP contribution < -0.4 is 0 Å². The highest BCUT2D eigenvalue weighted by atomic mass is 19.4. The fraction of sp³-hybridized carbons (Fsp3) is 0.929. The van der Waals surface area contributed by atoms with Crippen molar-refractivity contribution in [3.63, 3.8) is 0 Å². The van der Waals surface area contributed by atoms with E-state index < -0.39 is 18.0 Å². The fourth-order valence-electron chi connectivity index (χ4n) is 3.51. The Balaban J connectivity index is 2.02. The number of amides is 1. The van der Waals surface area contributed by atoms with Gasteiger partial charge in [0.15, 0.2) is 0 Å². The highest BCUT2D eigenvalue weighted by Gasteiger charge is 2.45. The number of halogens is 3. The van der Waals surface area contributed by atoms with Gasteiger partial charge in [0.05, 0.1) is 18.6 Å². The lowest BCUT2D eigenvalue weighted by atomic mass is 9.80. The number of nitrogens with zero attached hydrogens (tertiary/aromatic N) is 1. The number of alkyl halides is 3. The van der Waals surface area contributed by atoms with Crippen molar-refractivity contribution in [2.45, 2.75) is 51.2 Å². The molecule has 0 radical (unpaired) electrons. The Hall–Kier alpha value is -0.780. The van der Waals surface area contributed by atoms with Gasteiger partial charge in [-0.3, -0.25) is 4.79 Å². The Morgan fingerprint density at radius 3 is 2.60 bits per heavy atom. The summed E-state index contributed by atoms with van der Waals surface area (Å²) in [4.78, 5) is 14.0. The molecule has 0 bridgehead atoms. The third-order valence-corrected chi connectivity index (χ3v) is 4.84. The van der Waals surface area contributed by atoms with Crippen LogP contribution in [0.1, 0.15) is 39.0 Å². The first kappa shape index (κ1) is 15.6. The molecule has 1 saturated heterocycles. The van der Waals surface area contributed by atoms with E-state index in [1.807, 2.05) is 6.92 Å². The Morgan fingerprint density at radius 1 is 1.30 bits per heavy atom. The second-order valence-electron chi connectivity index (χ2n) is 6.15. The molecule has 1 saturated carbocycles. The third-order valence-electron chi connectivity index (χ3n) is 4.84. The van der Waals surface area contributed by atoms with Gasteiger partial charge in [0, 0.05) is 12.5 Å². The molecule has 1 aliphatic carbocycles. The van der Waals surface area contributed by atoms with E-state index in [1.165, 1.54) is 0 Å². The molecule has 20 heavy (non-hydrogen) atoms. The molecule has 2 aliphatic rings. The summed E-state index contributed by atoms with van der Waals surface area (Å²) < 4.78 is 38.4. The first-order chi connectivity index (χ1) is 9.34. The molecule has 0 aromatic carbocycles. The smallest absolute Gasteiger partial charge is 0.391 e. The highest BCUT2D eigenvalue weighted by molar-refractivity contribution is 5.79. The van der Waals surface area contributed by atoms with Crippen LogP contribution in [-0.2, 0) is 4.79 Å². The Kier molecular flexibility index (Phi) is 4.62. The second kappa shape index (κ2) is 5.92. The van der Waals surface area contributed by atoms with Gasteiger partial charge in [-0.25, -0.2) is 0 Å². The van der Waals surface area contributed by atoms with Crippen LogP contribution in [0.25, 0.3) is 0 Å². The van der Waals surface area contributed by atoms with Gasteiger partial charge in [0.2, 0.25) is 5.91 Å². The number of likely N-dealkylation sites (tertiary alicyclic amines) is 1. The van der Waals surface area contributed by atoms with Crippen LogP contribution in [0.15, 0.2) is 0 Å². The average Bonchev–Trinajstić information content (AvgIpc) is 2.78. The monoisotopic (exact) mass is 293 g/mol. The zero-order valence-electron chi connectivity index (χ0n) is 11.7. The molecule has 1 amide bonds. The van der Waals surface area contributed by atoms with Crippen molar-refractivity contribution in [2.24, 2.45) is 17.8 Å². The zero-order chi connectivity index (χ0) is 14.9. The summed E-state index contributed by atoms with van der Waals surface area (Å²) in [6.07, 6.45) is -2.36. The van der Waals surface area contributed by atoms with E-state index >= 15 is 0 Å². The first-order valence-electron chi connectivity index (χ1n) is 7.32. The molecule has 1 N–H and O–H groups in total. The second-order valence-corrected chi connectivity index (χ2v) is 6.15. The van der Waals surface area contributed by atoms with Crippen LogP contribution in [0.2, 0.25) is 0 Å². The molecule has 1 heterocycles. The Bertz CT molecular complexity index is 359. The number of aliphatic hydroxyl groups is 1. The molecule has 6 heteroatoms. The van der Waals surface area contributed by atoms with Gasteiger partial charge in [-0.15, -0.1) is 0 Å². The molecule has 116 valence electrons. The Morgan fingerprint density at radius 2 is 2.00 bits per heavy atom. The maximum Gasteiger partial charge on any atom is 0.391 e. The number of hydrogen-bond donors (Lipinski definition) is 1. The molecular weight excluding hydrogens is 271 g/mol. The van der Waals surface area contributed by atoms with Crippen molar-refractivity contribution in [3.05, 3.63) is 0 Å². The lowest BCUT2D eigenvalue weighted by Crippen LogP contribution is -2.45. The molecule has 4 atom stereocenters. The lowest BCUT2D eigenvalue weighted by Gasteiger charge is -2.34. The largest absolute Gasteiger partial charge is 0.394 e. The van der Waals surface area contributed by atoms with Gasteiger partial charge in [0.25, 0.3) is 0 Å². The van der Waals surface area contributed by atoms with Gasteiger partial charge in [-0.2, -0.15) is 13.2 Å². The zero-order valence-corrected chi connectivity index (χ0v) is 11.7. The molecule has 4 unspecified atom stereocenters. The summed E-state index contributed by atoms with van der Waals surface area (Å²) in [6, 6.07) is -0.228. The highest BCUT2D eigenvalue weighted by Crippen LogP contribution is 2.41. The normalized spacial score (nSPS) is 35.4. The van der Waals surface area contributed by atoms with Crippen molar-refractivity contribution in [1.82, 2.24) is 4.90 Å². The summed E-state index contributed by atoms with van der Waals surface area (Å²) in [5.74, 6) is -1.86. The van der Waals surface area contributed by atoms with Crippen molar-refractivity contribution in [1.29, 1.82) is 0 Å². The SMILES string of the molecule is CC1CCN(C(=O)C2CCCC(C(F)(F)F)C2)C1CO. The molecular formula is C14H22F3NO2. The number of hydrogen-bond acceptors (Lipinski definition) is 2. The quantitative estimate of drug-likeness (QED) is 0.850. The van der Waals surface area contributed by atoms with E-state index in [-0.39, 0.29) is 37.3 Å². The fourth-order valence-corrected chi connectivity index (χ4v) is 3.51. The van der Waals surface area contributed by atoms with Crippen LogP contribution >= 0.6 is 0 Å². The predicted molar refractivity (Wildman–Crippen MR) is 67.9 cm³/mol. The molecule has 0 aromatic heterocycles. The molecule has 0 spiro atoms. The third kappa shape index (κ3) is 3.10. The Labute approximate surface area is 117 Å². The molecule has 0 aromatic rings.